The molecular formula is C46H26N4. The van der Waals surface area contributed by atoms with Gasteiger partial charge < -0.3 is 4.40 Å². The SMILES string of the molecule is c1ccc(-c2nc(-n3c4cccc5c6cccc7c8cc9ccccc9cc8n(c8cccc3c8c54)c67)nc3ccc4ccccc4c23)cc1. The van der Waals surface area contributed by atoms with Crippen LogP contribution >= 0.6 is 0 Å². The predicted octanol–water partition coefficient (Wildman–Crippen LogP) is 11.9. The average molecular weight is 635 g/mol. The minimum Gasteiger partial charge on any atom is -0.308 e. The van der Waals surface area contributed by atoms with Crippen molar-refractivity contribution in [2.75, 3.05) is 0 Å². The minimum absolute atomic E-state index is 0.670. The maximum absolute atomic E-state index is 5.47. The minimum atomic E-state index is 0.670. The standard InChI is InChI=1S/C46H26N4/c1-2-12-28(13-3-1)44-41-31-16-7-6-11-27(31)23-24-36(41)47-46(48-44)50-37-20-9-17-32-33-18-8-19-34-35-25-29-14-4-5-15-30(29)26-40(35)49(45(33)34)38-21-10-22-39(50)43(38)42(32)37/h1-26H. The first-order chi connectivity index (χ1) is 24.8. The Labute approximate surface area is 285 Å². The predicted molar refractivity (Wildman–Crippen MR) is 209 cm³/mol. The zero-order chi connectivity index (χ0) is 32.5. The fraction of sp³-hybridized carbons (Fsp3) is 0. The second-order valence-corrected chi connectivity index (χ2v) is 13.4. The number of fused-ring (bicyclic) bond motifs is 9. The summed E-state index contributed by atoms with van der Waals surface area (Å²) in [5.74, 6) is 0.670. The van der Waals surface area contributed by atoms with E-state index in [9.17, 15) is 0 Å². The molecule has 0 spiro atoms. The second-order valence-electron chi connectivity index (χ2n) is 13.4. The zero-order valence-electron chi connectivity index (χ0n) is 26.8. The molecule has 12 rings (SSSR count). The summed E-state index contributed by atoms with van der Waals surface area (Å²) in [6.07, 6.45) is 0. The van der Waals surface area contributed by atoms with Gasteiger partial charge in [0.05, 0.1) is 38.8 Å². The molecule has 0 bridgehead atoms. The number of hydrogen-bond acceptors (Lipinski definition) is 2. The molecule has 12 aromatic rings. The van der Waals surface area contributed by atoms with Crippen molar-refractivity contribution in [2.45, 2.75) is 0 Å². The Morgan fingerprint density at radius 1 is 0.380 bits per heavy atom. The first-order valence-corrected chi connectivity index (χ1v) is 17.1. The van der Waals surface area contributed by atoms with Crippen molar-refractivity contribution in [3.8, 4) is 17.2 Å². The molecule has 0 aliphatic carbocycles. The normalized spacial score (nSPS) is 12.4. The molecular weight excluding hydrogens is 609 g/mol. The Morgan fingerprint density at radius 3 is 1.88 bits per heavy atom. The van der Waals surface area contributed by atoms with Gasteiger partial charge in [-0.3, -0.25) is 4.57 Å². The maximum atomic E-state index is 5.47. The van der Waals surface area contributed by atoms with E-state index < -0.39 is 0 Å². The topological polar surface area (TPSA) is 35.1 Å². The molecule has 0 saturated carbocycles. The summed E-state index contributed by atoms with van der Waals surface area (Å²) in [5, 5.41) is 13.3. The van der Waals surface area contributed by atoms with Crippen LogP contribution in [0.2, 0.25) is 0 Å². The molecule has 4 heterocycles. The summed E-state index contributed by atoms with van der Waals surface area (Å²) in [5.41, 5.74) is 8.77. The Morgan fingerprint density at radius 2 is 1.02 bits per heavy atom. The highest BCUT2D eigenvalue weighted by atomic mass is 15.2. The lowest BCUT2D eigenvalue weighted by Gasteiger charge is -2.13. The van der Waals surface area contributed by atoms with E-state index in [4.69, 9.17) is 9.97 Å². The molecule has 0 aliphatic heterocycles. The average Bonchev–Trinajstić information content (AvgIpc) is 3.65. The molecule has 0 N–H and O–H groups in total. The Balaban J connectivity index is 1.29. The second kappa shape index (κ2) is 9.43. The number of hydrogen-bond donors (Lipinski definition) is 0. The molecule has 0 saturated heterocycles. The van der Waals surface area contributed by atoms with Crippen LogP contribution in [0.15, 0.2) is 158 Å². The van der Waals surface area contributed by atoms with E-state index in [-0.39, 0.29) is 0 Å². The van der Waals surface area contributed by atoms with Crippen LogP contribution in [0.4, 0.5) is 0 Å². The van der Waals surface area contributed by atoms with Gasteiger partial charge in [0.25, 0.3) is 0 Å². The maximum Gasteiger partial charge on any atom is 0.235 e. The van der Waals surface area contributed by atoms with E-state index in [2.05, 4.69) is 167 Å². The third-order valence-electron chi connectivity index (χ3n) is 10.8. The van der Waals surface area contributed by atoms with Crippen LogP contribution in [0.1, 0.15) is 0 Å². The highest BCUT2D eigenvalue weighted by molar-refractivity contribution is 6.31. The lowest BCUT2D eigenvalue weighted by Crippen LogP contribution is -2.04. The highest BCUT2D eigenvalue weighted by Gasteiger charge is 2.24. The Hall–Kier alpha value is -6.78. The molecule has 4 nitrogen and oxygen atoms in total. The van der Waals surface area contributed by atoms with Crippen LogP contribution in [0, 0.1) is 0 Å². The monoisotopic (exact) mass is 634 g/mol. The van der Waals surface area contributed by atoms with Crippen molar-refractivity contribution in [3.05, 3.63) is 158 Å². The molecule has 230 valence electrons. The molecule has 4 heteroatoms. The van der Waals surface area contributed by atoms with Crippen LogP contribution in [0.5, 0.6) is 0 Å². The highest BCUT2D eigenvalue weighted by Crippen LogP contribution is 2.45. The van der Waals surface area contributed by atoms with Crippen LogP contribution in [0.3, 0.4) is 0 Å². The lowest BCUT2D eigenvalue weighted by molar-refractivity contribution is 1.01. The van der Waals surface area contributed by atoms with Crippen LogP contribution < -0.4 is 0 Å². The number of benzene rings is 8. The van der Waals surface area contributed by atoms with Gasteiger partial charge in [-0.1, -0.05) is 121 Å². The summed E-state index contributed by atoms with van der Waals surface area (Å²) >= 11 is 0. The van der Waals surface area contributed by atoms with Crippen LogP contribution in [-0.2, 0) is 0 Å². The molecule has 0 amide bonds. The molecule has 0 radical (unpaired) electrons. The third kappa shape index (κ3) is 3.30. The van der Waals surface area contributed by atoms with Crippen molar-refractivity contribution in [3.63, 3.8) is 0 Å². The van der Waals surface area contributed by atoms with Gasteiger partial charge >= 0.3 is 0 Å². The van der Waals surface area contributed by atoms with Gasteiger partial charge in [-0.2, -0.15) is 0 Å². The van der Waals surface area contributed by atoms with Crippen molar-refractivity contribution in [1.82, 2.24) is 18.9 Å². The molecule has 0 atom stereocenters. The molecule has 50 heavy (non-hydrogen) atoms. The Bertz CT molecular complexity index is 3370. The summed E-state index contributed by atoms with van der Waals surface area (Å²) in [7, 11) is 0. The van der Waals surface area contributed by atoms with E-state index in [1.165, 1.54) is 65.0 Å². The van der Waals surface area contributed by atoms with Crippen LogP contribution in [-0.4, -0.2) is 18.9 Å². The number of aromatic nitrogens is 4. The number of rotatable bonds is 2. The van der Waals surface area contributed by atoms with E-state index >= 15 is 0 Å². The van der Waals surface area contributed by atoms with Crippen molar-refractivity contribution < 1.29 is 0 Å². The van der Waals surface area contributed by atoms with Gasteiger partial charge in [0.2, 0.25) is 5.95 Å². The zero-order valence-corrected chi connectivity index (χ0v) is 26.8. The fourth-order valence-electron chi connectivity index (χ4n) is 8.73. The fourth-order valence-corrected chi connectivity index (χ4v) is 8.73. The van der Waals surface area contributed by atoms with Crippen molar-refractivity contribution in [2.24, 2.45) is 0 Å². The lowest BCUT2D eigenvalue weighted by atomic mass is 10.0. The first-order valence-electron chi connectivity index (χ1n) is 17.1. The quantitative estimate of drug-likeness (QED) is 0.177. The smallest absolute Gasteiger partial charge is 0.235 e. The van der Waals surface area contributed by atoms with Gasteiger partial charge in [0, 0.05) is 37.9 Å². The van der Waals surface area contributed by atoms with Gasteiger partial charge in [-0.25, -0.2) is 9.97 Å². The van der Waals surface area contributed by atoms with Crippen LogP contribution in [0.25, 0.3) is 110 Å². The summed E-state index contributed by atoms with van der Waals surface area (Å²) in [6, 6.07) is 56.9. The molecule has 0 aliphatic rings. The largest absolute Gasteiger partial charge is 0.308 e. The summed E-state index contributed by atoms with van der Waals surface area (Å²) in [6.45, 7) is 0. The first kappa shape index (κ1) is 26.2. The summed E-state index contributed by atoms with van der Waals surface area (Å²) in [4.78, 5) is 10.8. The van der Waals surface area contributed by atoms with E-state index in [0.29, 0.717) is 5.95 Å². The molecule has 0 unspecified atom stereocenters. The third-order valence-corrected chi connectivity index (χ3v) is 10.8. The van der Waals surface area contributed by atoms with Crippen molar-refractivity contribution in [1.29, 1.82) is 0 Å². The molecule has 0 fully saturated rings. The van der Waals surface area contributed by atoms with E-state index in [0.717, 1.165) is 38.6 Å². The summed E-state index contributed by atoms with van der Waals surface area (Å²) < 4.78 is 4.78. The molecule has 4 aromatic heterocycles. The van der Waals surface area contributed by atoms with E-state index in [1.807, 2.05) is 0 Å². The van der Waals surface area contributed by atoms with Gasteiger partial charge in [0.1, 0.15) is 0 Å². The van der Waals surface area contributed by atoms with Gasteiger partial charge in [0.15, 0.2) is 0 Å². The molecule has 8 aromatic carbocycles. The number of nitrogens with zero attached hydrogens (tertiary/aromatic N) is 4. The van der Waals surface area contributed by atoms with Gasteiger partial charge in [-0.05, 0) is 63.3 Å². The van der Waals surface area contributed by atoms with Crippen molar-refractivity contribution >= 4 is 92.3 Å². The Kier molecular flexibility index (Phi) is 4.94. The van der Waals surface area contributed by atoms with Gasteiger partial charge in [-0.15, -0.1) is 0 Å². The van der Waals surface area contributed by atoms with E-state index in [1.54, 1.807) is 0 Å². The number of para-hydroxylation sites is 1.